The smallest absolute Gasteiger partial charge is 0.236 e. The van der Waals surface area contributed by atoms with Gasteiger partial charge in [0.2, 0.25) is 5.91 Å². The summed E-state index contributed by atoms with van der Waals surface area (Å²) in [7, 11) is 0. The molecule has 4 nitrogen and oxygen atoms in total. The van der Waals surface area contributed by atoms with Crippen molar-refractivity contribution in [3.8, 4) is 0 Å². The summed E-state index contributed by atoms with van der Waals surface area (Å²) in [6.07, 6.45) is 2.30. The Bertz CT molecular complexity index is 1210. The van der Waals surface area contributed by atoms with Crippen LogP contribution in [0.5, 0.6) is 0 Å². The number of nitrogens with one attached hydrogen (secondary N) is 1. The molecule has 4 aromatic carbocycles. The van der Waals surface area contributed by atoms with Crippen LogP contribution < -0.4 is 5.32 Å². The van der Waals surface area contributed by atoms with Gasteiger partial charge in [0.25, 0.3) is 0 Å². The minimum atomic E-state index is -0.0541. The van der Waals surface area contributed by atoms with E-state index < -0.39 is 0 Å². The van der Waals surface area contributed by atoms with Crippen molar-refractivity contribution in [1.82, 2.24) is 10.2 Å². The molecule has 40 heavy (non-hydrogen) atoms. The first-order chi connectivity index (χ1) is 19.7. The first kappa shape index (κ1) is 29.0. The zero-order valence-electron chi connectivity index (χ0n) is 23.4. The molecule has 0 bridgehead atoms. The number of amides is 1. The van der Waals surface area contributed by atoms with Crippen LogP contribution in [0.2, 0.25) is 0 Å². The van der Waals surface area contributed by atoms with Crippen LogP contribution in [0.15, 0.2) is 121 Å². The third-order valence-electron chi connectivity index (χ3n) is 7.36. The Kier molecular flexibility index (Phi) is 11.3. The largest absolute Gasteiger partial charge is 0.333 e. The molecule has 0 aliphatic carbocycles. The molecule has 0 aromatic heterocycles. The fourth-order valence-electron chi connectivity index (χ4n) is 5.15. The van der Waals surface area contributed by atoms with E-state index in [1.165, 1.54) is 11.1 Å². The second-order valence-electron chi connectivity index (χ2n) is 10.3. The van der Waals surface area contributed by atoms with Gasteiger partial charge < -0.3 is 10.2 Å². The molecule has 0 heterocycles. The van der Waals surface area contributed by atoms with Gasteiger partial charge in [0, 0.05) is 31.3 Å². The van der Waals surface area contributed by atoms with Gasteiger partial charge in [-0.05, 0) is 28.7 Å². The number of ketones is 1. The molecule has 0 fully saturated rings. The van der Waals surface area contributed by atoms with E-state index in [9.17, 15) is 9.59 Å². The monoisotopic (exact) mass is 532 g/mol. The average Bonchev–Trinajstić information content (AvgIpc) is 3.02. The van der Waals surface area contributed by atoms with Crippen LogP contribution in [0.4, 0.5) is 0 Å². The summed E-state index contributed by atoms with van der Waals surface area (Å²) in [5.74, 6) is 0.158. The fraction of sp³-hybridized carbons (Fsp3) is 0.278. The second kappa shape index (κ2) is 15.5. The highest BCUT2D eigenvalue weighted by atomic mass is 16.2. The summed E-state index contributed by atoms with van der Waals surface area (Å²) in [6.45, 7) is 3.47. The normalized spacial score (nSPS) is 11.1. The van der Waals surface area contributed by atoms with Gasteiger partial charge in [0.1, 0.15) is 0 Å². The van der Waals surface area contributed by atoms with Gasteiger partial charge in [-0.1, -0.05) is 135 Å². The number of rotatable bonds is 15. The van der Waals surface area contributed by atoms with Crippen LogP contribution in [0, 0.1) is 0 Å². The van der Waals surface area contributed by atoms with Crippen molar-refractivity contribution in [2.24, 2.45) is 0 Å². The zero-order chi connectivity index (χ0) is 28.0. The maximum Gasteiger partial charge on any atom is 0.236 e. The van der Waals surface area contributed by atoms with Gasteiger partial charge in [-0.3, -0.25) is 9.59 Å². The van der Waals surface area contributed by atoms with E-state index in [4.69, 9.17) is 0 Å². The van der Waals surface area contributed by atoms with Crippen LogP contribution >= 0.6 is 0 Å². The summed E-state index contributed by atoms with van der Waals surface area (Å²) in [5.41, 5.74) is 4.67. The average molecular weight is 533 g/mol. The molecule has 0 aliphatic rings. The molecule has 0 spiro atoms. The fourth-order valence-corrected chi connectivity index (χ4v) is 5.15. The lowest BCUT2D eigenvalue weighted by Crippen LogP contribution is -2.44. The predicted octanol–water partition coefficient (Wildman–Crippen LogP) is 6.83. The van der Waals surface area contributed by atoms with Crippen molar-refractivity contribution in [2.75, 3.05) is 26.2 Å². The topological polar surface area (TPSA) is 49.4 Å². The molecule has 0 unspecified atom stereocenters. The Hall–Kier alpha value is -4.02. The van der Waals surface area contributed by atoms with Crippen LogP contribution in [-0.2, 0) is 9.59 Å². The van der Waals surface area contributed by atoms with Gasteiger partial charge in [0.05, 0.1) is 13.1 Å². The number of carbonyl (C=O) groups excluding carboxylic acids is 2. The zero-order valence-corrected chi connectivity index (χ0v) is 23.4. The summed E-state index contributed by atoms with van der Waals surface area (Å²) in [5, 5.41) is 3.43. The summed E-state index contributed by atoms with van der Waals surface area (Å²) in [6, 6.07) is 41.3. The lowest BCUT2D eigenvalue weighted by Gasteiger charge is -2.29. The predicted molar refractivity (Wildman–Crippen MR) is 163 cm³/mol. The minimum absolute atomic E-state index is 0.0216. The molecule has 4 aromatic rings. The highest BCUT2D eigenvalue weighted by Crippen LogP contribution is 2.26. The summed E-state index contributed by atoms with van der Waals surface area (Å²) < 4.78 is 0. The molecule has 0 radical (unpaired) electrons. The van der Waals surface area contributed by atoms with Crippen LogP contribution in [-0.4, -0.2) is 42.8 Å². The van der Waals surface area contributed by atoms with Crippen LogP contribution in [0.25, 0.3) is 0 Å². The Balaban J connectivity index is 1.51. The molecule has 0 saturated heterocycles. The summed E-state index contributed by atoms with van der Waals surface area (Å²) in [4.78, 5) is 28.4. The van der Waals surface area contributed by atoms with Crippen molar-refractivity contribution in [3.63, 3.8) is 0 Å². The number of unbranched alkanes of at least 4 members (excludes halogenated alkanes) is 1. The van der Waals surface area contributed by atoms with E-state index in [2.05, 4.69) is 60.8 Å². The number of carbonyl (C=O) groups is 2. The summed E-state index contributed by atoms with van der Waals surface area (Å²) >= 11 is 0. The van der Waals surface area contributed by atoms with E-state index in [1.54, 1.807) is 4.90 Å². The first-order valence-corrected chi connectivity index (χ1v) is 14.4. The molecule has 0 aliphatic heterocycles. The minimum Gasteiger partial charge on any atom is -0.333 e. The highest BCUT2D eigenvalue weighted by Gasteiger charge is 2.24. The maximum absolute atomic E-state index is 13.7. The molecule has 0 atom stereocenters. The number of benzene rings is 4. The number of Topliss-reactive ketones (excluding diaryl/α,β-unsaturated/α-hetero) is 1. The third-order valence-corrected chi connectivity index (χ3v) is 7.36. The van der Waals surface area contributed by atoms with Crippen molar-refractivity contribution in [2.45, 2.75) is 38.0 Å². The molecule has 4 rings (SSSR count). The Morgan fingerprint density at radius 2 is 1.07 bits per heavy atom. The van der Waals surface area contributed by atoms with Gasteiger partial charge in [-0.15, -0.1) is 0 Å². The van der Waals surface area contributed by atoms with Crippen LogP contribution in [0.1, 0.15) is 60.3 Å². The second-order valence-corrected chi connectivity index (χ2v) is 10.3. The van der Waals surface area contributed by atoms with E-state index in [1.807, 2.05) is 72.8 Å². The Morgan fingerprint density at radius 3 is 1.50 bits per heavy atom. The molecule has 206 valence electrons. The van der Waals surface area contributed by atoms with Gasteiger partial charge in [0.15, 0.2) is 5.78 Å². The molecule has 1 amide bonds. The van der Waals surface area contributed by atoms with Crippen molar-refractivity contribution < 1.29 is 9.59 Å². The standard InChI is InChI=1S/C36H40N2O2/c1-2-3-24-33(39)27-38(28-35(31-20-12-6-13-21-31)32-22-14-7-15-23-32)36(40)26-37-25-34(29-16-8-4-9-17-29)30-18-10-5-11-19-30/h4-23,34-35,37H,2-3,24-28H2,1H3. The molecular weight excluding hydrogens is 492 g/mol. The molecule has 4 heteroatoms. The van der Waals surface area contributed by atoms with E-state index in [0.717, 1.165) is 24.0 Å². The maximum atomic E-state index is 13.7. The lowest BCUT2D eigenvalue weighted by molar-refractivity contribution is -0.134. The van der Waals surface area contributed by atoms with E-state index in [0.29, 0.717) is 19.5 Å². The van der Waals surface area contributed by atoms with Gasteiger partial charge in [-0.2, -0.15) is 0 Å². The van der Waals surface area contributed by atoms with E-state index >= 15 is 0 Å². The van der Waals surface area contributed by atoms with Crippen molar-refractivity contribution in [3.05, 3.63) is 144 Å². The number of nitrogens with zero attached hydrogens (tertiary/aromatic N) is 1. The van der Waals surface area contributed by atoms with E-state index in [-0.39, 0.29) is 36.6 Å². The van der Waals surface area contributed by atoms with Gasteiger partial charge in [-0.25, -0.2) is 0 Å². The highest BCUT2D eigenvalue weighted by molar-refractivity contribution is 5.87. The van der Waals surface area contributed by atoms with Crippen LogP contribution in [0.3, 0.4) is 0 Å². The SMILES string of the molecule is CCCCC(=O)CN(CC(c1ccccc1)c1ccccc1)C(=O)CNCC(c1ccccc1)c1ccccc1. The van der Waals surface area contributed by atoms with Crippen molar-refractivity contribution >= 4 is 11.7 Å². The van der Waals surface area contributed by atoms with Crippen molar-refractivity contribution in [1.29, 1.82) is 0 Å². The molecular formula is C36H40N2O2. The first-order valence-electron chi connectivity index (χ1n) is 14.4. The quantitative estimate of drug-likeness (QED) is 0.183. The number of hydrogen-bond acceptors (Lipinski definition) is 3. The Labute approximate surface area is 239 Å². The lowest BCUT2D eigenvalue weighted by atomic mass is 9.90. The molecule has 1 N–H and O–H groups in total. The third kappa shape index (κ3) is 8.49. The molecule has 0 saturated carbocycles. The van der Waals surface area contributed by atoms with Gasteiger partial charge >= 0.3 is 0 Å². The number of hydrogen-bond donors (Lipinski definition) is 1. The Morgan fingerprint density at radius 1 is 0.650 bits per heavy atom.